The van der Waals surface area contributed by atoms with Crippen LogP contribution in [0.15, 0.2) is 59.2 Å². The van der Waals surface area contributed by atoms with Crippen molar-refractivity contribution in [2.24, 2.45) is 0 Å². The van der Waals surface area contributed by atoms with Crippen LogP contribution in [-0.2, 0) is 14.4 Å². The first-order valence-corrected chi connectivity index (χ1v) is 18.5. The zero-order valence-corrected chi connectivity index (χ0v) is 33.1. The van der Waals surface area contributed by atoms with Gasteiger partial charge in [0.1, 0.15) is 11.6 Å². The van der Waals surface area contributed by atoms with Crippen molar-refractivity contribution in [1.82, 2.24) is 34.7 Å². The van der Waals surface area contributed by atoms with E-state index in [2.05, 4.69) is 41.1 Å². The second-order valence-corrected chi connectivity index (χ2v) is 13.7. The second-order valence-electron chi connectivity index (χ2n) is 12.9. The summed E-state index contributed by atoms with van der Waals surface area (Å²) in [6.07, 6.45) is 5.47. The van der Waals surface area contributed by atoms with Gasteiger partial charge in [0.05, 0.1) is 18.6 Å². The average Bonchev–Trinajstić information content (AvgIpc) is 4.00. The molecule has 6 rings (SSSR count). The summed E-state index contributed by atoms with van der Waals surface area (Å²) in [7, 11) is 10.4. The van der Waals surface area contributed by atoms with Gasteiger partial charge in [-0.3, -0.25) is 0 Å². The molecule has 3 saturated heterocycles. The van der Waals surface area contributed by atoms with Gasteiger partial charge in [-0.1, -0.05) is 6.07 Å². The third-order valence-electron chi connectivity index (χ3n) is 9.18. The van der Waals surface area contributed by atoms with E-state index in [4.69, 9.17) is 5.73 Å². The zero-order chi connectivity index (χ0) is 41.0. The van der Waals surface area contributed by atoms with E-state index < -0.39 is 9.85 Å². The van der Waals surface area contributed by atoms with Gasteiger partial charge in [0.15, 0.2) is 0 Å². The summed E-state index contributed by atoms with van der Waals surface area (Å²) >= 11 is 3.01. The average molecular weight is 834 g/mol. The Balaban J connectivity index is 0.000000208. The number of halogens is 1. The van der Waals surface area contributed by atoms with Gasteiger partial charge >= 0.3 is 11.6 Å². The number of nitrogens with zero attached hydrogens (tertiary/aromatic N) is 10. The quantitative estimate of drug-likeness (QED) is 0.0808. The minimum Gasteiger partial charge on any atom is -0.384 e. The van der Waals surface area contributed by atoms with Crippen LogP contribution in [-0.4, -0.2) is 159 Å². The van der Waals surface area contributed by atoms with Crippen molar-refractivity contribution in [3.8, 4) is 0 Å². The Morgan fingerprint density at radius 1 is 0.732 bits per heavy atom. The van der Waals surface area contributed by atoms with Crippen LogP contribution in [0.5, 0.6) is 0 Å². The lowest BCUT2D eigenvalue weighted by atomic mass is 9.93. The van der Waals surface area contributed by atoms with Crippen LogP contribution < -0.4 is 20.9 Å². The van der Waals surface area contributed by atoms with E-state index in [0.717, 1.165) is 76.4 Å². The molecule has 3 N–H and O–H groups in total. The predicted molar refractivity (Wildman–Crippen MR) is 221 cm³/mol. The fourth-order valence-corrected chi connectivity index (χ4v) is 6.34. The molecule has 0 saturated carbocycles. The molecule has 6 heterocycles. The molecule has 56 heavy (non-hydrogen) atoms. The van der Waals surface area contributed by atoms with E-state index in [0.29, 0.717) is 34.9 Å². The third-order valence-corrected chi connectivity index (χ3v) is 9.62. The second kappa shape index (κ2) is 24.0. The number of nitrogens with one attached hydrogen (secondary N) is 1. The van der Waals surface area contributed by atoms with Crippen LogP contribution in [0, 0.1) is 20.2 Å². The van der Waals surface area contributed by atoms with E-state index in [-0.39, 0.29) is 17.7 Å². The molecule has 23 heteroatoms. The van der Waals surface area contributed by atoms with Gasteiger partial charge in [-0.15, -0.1) is 0 Å². The van der Waals surface area contributed by atoms with E-state index in [9.17, 15) is 34.6 Å². The number of hydrogen-bond donors (Lipinski definition) is 2. The molecule has 0 amide bonds. The highest BCUT2D eigenvalue weighted by Crippen LogP contribution is 2.23. The monoisotopic (exact) mass is 833 g/mol. The highest BCUT2D eigenvalue weighted by atomic mass is 79.9. The lowest BCUT2D eigenvalue weighted by molar-refractivity contribution is -0.389. The molecule has 3 radical (unpaired) electrons. The van der Waals surface area contributed by atoms with E-state index in [1.165, 1.54) is 19.5 Å². The van der Waals surface area contributed by atoms with Crippen LogP contribution in [0.1, 0.15) is 19.3 Å². The number of pyridine rings is 3. The molecule has 0 spiro atoms. The van der Waals surface area contributed by atoms with Crippen molar-refractivity contribution in [2.75, 3.05) is 75.9 Å². The fourth-order valence-electron chi connectivity index (χ4n) is 6.01. The number of nitrogen functional groups attached to an aromatic ring is 1. The van der Waals surface area contributed by atoms with Gasteiger partial charge in [0, 0.05) is 85.0 Å². The van der Waals surface area contributed by atoms with Gasteiger partial charge in [0.2, 0.25) is 10.4 Å². The molecule has 0 aliphatic carbocycles. The third kappa shape index (κ3) is 15.0. The van der Waals surface area contributed by atoms with Gasteiger partial charge in [-0.2, -0.15) is 0 Å². The summed E-state index contributed by atoms with van der Waals surface area (Å²) in [4.78, 5) is 72.6. The molecule has 3 aromatic heterocycles. The number of rotatable bonds is 13. The Kier molecular flexibility index (Phi) is 19.5. The SMILES string of the molecule is CN([B]C=O)[C@H]1CCN(c2cccc(N)n2)C1.CN([B]C=O)[C@H]1CCN(c2cccc([N+](=O)[O-])n2)C1.CN([B]C=O)[C@H]1CCNC1.O=[N+]([O-])c1cccc(Br)n1. The Labute approximate surface area is 336 Å². The normalized spacial score (nSPS) is 18.4. The van der Waals surface area contributed by atoms with Gasteiger partial charge in [-0.25, -0.2) is 4.98 Å². The maximum absolute atomic E-state index is 10.7. The van der Waals surface area contributed by atoms with Crippen molar-refractivity contribution in [3.05, 3.63) is 79.4 Å². The molecule has 19 nitrogen and oxygen atoms in total. The lowest BCUT2D eigenvalue weighted by Crippen LogP contribution is -2.37. The highest BCUT2D eigenvalue weighted by Gasteiger charge is 2.29. The summed E-state index contributed by atoms with van der Waals surface area (Å²) in [5.41, 5.74) is 5.67. The Morgan fingerprint density at radius 2 is 1.20 bits per heavy atom. The summed E-state index contributed by atoms with van der Waals surface area (Å²) in [6, 6.07) is 16.1. The molecule has 3 aromatic rings. The predicted octanol–water partition coefficient (Wildman–Crippen LogP) is 1.14. The van der Waals surface area contributed by atoms with Crippen molar-refractivity contribution in [1.29, 1.82) is 0 Å². The maximum atomic E-state index is 10.7. The van der Waals surface area contributed by atoms with Crippen molar-refractivity contribution in [3.63, 3.8) is 0 Å². The number of nitro groups is 2. The molecule has 3 atom stereocenters. The molecule has 295 valence electrons. The minimum absolute atomic E-state index is 0.144. The van der Waals surface area contributed by atoms with Gasteiger partial charge < -0.3 is 69.9 Å². The summed E-state index contributed by atoms with van der Waals surface area (Å²) in [5, 5.41) is 24.0. The first-order valence-electron chi connectivity index (χ1n) is 17.7. The topological polar surface area (TPSA) is 230 Å². The van der Waals surface area contributed by atoms with Crippen LogP contribution in [0.2, 0.25) is 0 Å². The Hall–Kier alpha value is -4.83. The van der Waals surface area contributed by atoms with Crippen molar-refractivity contribution < 1.29 is 24.2 Å². The van der Waals surface area contributed by atoms with Crippen LogP contribution in [0.4, 0.5) is 29.1 Å². The maximum Gasteiger partial charge on any atom is 0.365 e. The largest absolute Gasteiger partial charge is 0.384 e. The van der Waals surface area contributed by atoms with Crippen LogP contribution >= 0.6 is 15.9 Å². The summed E-state index contributed by atoms with van der Waals surface area (Å²) < 4.78 is 0.474. The molecule has 0 bridgehead atoms. The number of carbonyl (C=O) groups is 3. The molecule has 3 fully saturated rings. The molecule has 0 unspecified atom stereocenters. The summed E-state index contributed by atoms with van der Waals surface area (Å²) in [6.45, 7) is 5.36. The number of carbonyl (C=O) groups excluding carboxylic acids is 3. The minimum atomic E-state index is -0.537. The Bertz CT molecular complexity index is 1740. The molecule has 0 aromatic carbocycles. The number of likely N-dealkylation sites (N-methyl/N-ethyl adjacent to an activating group) is 3. The van der Waals surface area contributed by atoms with Crippen molar-refractivity contribution in [2.45, 2.75) is 37.4 Å². The number of nitrogens with two attached hydrogens (primary N) is 1. The van der Waals surface area contributed by atoms with Crippen LogP contribution in [0.25, 0.3) is 0 Å². The molecular formula is C33H45B3BrN12O7. The van der Waals surface area contributed by atoms with E-state index in [1.807, 2.05) is 52.6 Å². The molecule has 3 aliphatic rings. The van der Waals surface area contributed by atoms with Crippen molar-refractivity contribution >= 4 is 85.8 Å². The van der Waals surface area contributed by atoms with Gasteiger partial charge in [-0.05, 0) is 97.1 Å². The summed E-state index contributed by atoms with van der Waals surface area (Å²) in [5.74, 6) is 1.77. The smallest absolute Gasteiger partial charge is 0.365 e. The highest BCUT2D eigenvalue weighted by molar-refractivity contribution is 9.10. The fraction of sp³-hybridized carbons (Fsp3) is 0.455. The number of aromatic nitrogens is 3. The van der Waals surface area contributed by atoms with E-state index in [1.54, 1.807) is 45.2 Å². The van der Waals surface area contributed by atoms with Crippen LogP contribution in [0.3, 0.4) is 0 Å². The lowest BCUT2D eigenvalue weighted by Gasteiger charge is -2.22. The van der Waals surface area contributed by atoms with E-state index >= 15 is 0 Å². The first-order chi connectivity index (χ1) is 26.9. The Morgan fingerprint density at radius 3 is 1.62 bits per heavy atom. The number of hydrogen-bond acceptors (Lipinski definition) is 17. The van der Waals surface area contributed by atoms with Gasteiger partial charge in [0.25, 0.3) is 22.2 Å². The molecule has 3 aliphatic heterocycles. The molecular weight excluding hydrogens is 789 g/mol. The number of anilines is 3. The zero-order valence-electron chi connectivity index (χ0n) is 31.5. The first kappa shape index (κ1) is 45.6. The standard InChI is InChI=1S/C11H14BN4O3.C11H16BN4O.C6H12BN2O.C5H3BrN2O2/c1-14(12-8-17)9-5-6-15(7-9)10-3-2-4-11(13-10)16(18)19;1-15(12-8-17)9-5-6-16(7-9)11-4-2-3-10(13)14-11;1-9(7-5-10)6-2-3-8-4-6;6-4-2-1-3-5(7-4)8(9)10/h2-4,8-9H,5-7H2,1H3;2-4,8-9H,5-7H2,1H3,(H2,13,14);5-6,8H,2-4H2,1H3;1-3H/t2*9-;6-;/m000./s1.